The summed E-state index contributed by atoms with van der Waals surface area (Å²) in [5.74, 6) is 8.20. The predicted molar refractivity (Wildman–Crippen MR) is 109 cm³/mol. The van der Waals surface area contributed by atoms with E-state index in [1.54, 1.807) is 7.11 Å². The highest BCUT2D eigenvalue weighted by atomic mass is 32.2. The van der Waals surface area contributed by atoms with E-state index in [1.807, 2.05) is 31.2 Å². The molecule has 0 radical (unpaired) electrons. The number of nitrogens with one attached hydrogen (secondary N) is 1. The molecule has 1 aromatic heterocycles. The van der Waals surface area contributed by atoms with Crippen LogP contribution in [0.4, 0.5) is 0 Å². The van der Waals surface area contributed by atoms with Gasteiger partial charge in [-0.1, -0.05) is 50.6 Å². The molecule has 0 bridgehead atoms. The molecule has 0 fully saturated rings. The molecule has 7 nitrogen and oxygen atoms in total. The van der Waals surface area contributed by atoms with Crippen molar-refractivity contribution in [2.75, 3.05) is 18.7 Å². The molecule has 0 aliphatic carbocycles. The monoisotopic (exact) mass is 391 g/mol. The molecule has 148 valence electrons. The minimum absolute atomic E-state index is 0.0288. The zero-order valence-corrected chi connectivity index (χ0v) is 17.3. The summed E-state index contributed by atoms with van der Waals surface area (Å²) in [4.78, 5) is 12.2. The number of nitrogen functional groups attached to an aromatic ring is 1. The Labute approximate surface area is 165 Å². The number of methoxy groups -OCH3 is 1. The minimum atomic E-state index is -0.0288. The third kappa shape index (κ3) is 6.16. The molecule has 0 aliphatic heterocycles. The second-order valence-electron chi connectivity index (χ2n) is 6.96. The number of hydrogen-bond acceptors (Lipinski definition) is 6. The van der Waals surface area contributed by atoms with Gasteiger partial charge in [-0.25, -0.2) is 4.68 Å². The number of carbonyl (C=O) groups excluding carboxylic acids is 1. The van der Waals surface area contributed by atoms with Crippen LogP contribution in [0.5, 0.6) is 5.75 Å². The third-order valence-corrected chi connectivity index (χ3v) is 5.11. The van der Waals surface area contributed by atoms with E-state index >= 15 is 0 Å². The van der Waals surface area contributed by atoms with Crippen LogP contribution in [0.15, 0.2) is 29.4 Å². The first kappa shape index (κ1) is 21.1. The number of para-hydroxylation sites is 1. The third-order valence-electron chi connectivity index (χ3n) is 4.17. The van der Waals surface area contributed by atoms with Crippen molar-refractivity contribution in [2.45, 2.75) is 51.2 Å². The van der Waals surface area contributed by atoms with Gasteiger partial charge in [-0.2, -0.15) is 0 Å². The number of amides is 1. The van der Waals surface area contributed by atoms with E-state index < -0.39 is 0 Å². The normalized spacial score (nSPS) is 12.2. The van der Waals surface area contributed by atoms with E-state index in [4.69, 9.17) is 10.6 Å². The number of nitrogens with two attached hydrogens (primary N) is 1. The second kappa shape index (κ2) is 10.2. The van der Waals surface area contributed by atoms with Gasteiger partial charge in [-0.05, 0) is 31.4 Å². The van der Waals surface area contributed by atoms with Gasteiger partial charge in [-0.15, -0.1) is 10.2 Å². The van der Waals surface area contributed by atoms with E-state index in [-0.39, 0.29) is 17.7 Å². The van der Waals surface area contributed by atoms with Gasteiger partial charge in [-0.3, -0.25) is 4.79 Å². The summed E-state index contributed by atoms with van der Waals surface area (Å²) < 4.78 is 6.74. The summed E-state index contributed by atoms with van der Waals surface area (Å²) in [5.41, 5.74) is 0.755. The summed E-state index contributed by atoms with van der Waals surface area (Å²) in [7, 11) is 1.60. The van der Waals surface area contributed by atoms with Crippen molar-refractivity contribution >= 4 is 17.7 Å². The van der Waals surface area contributed by atoms with E-state index in [2.05, 4.69) is 29.4 Å². The molecule has 2 aromatic rings. The van der Waals surface area contributed by atoms with Crippen molar-refractivity contribution in [1.29, 1.82) is 0 Å². The smallest absolute Gasteiger partial charge is 0.230 e. The second-order valence-corrected chi connectivity index (χ2v) is 7.90. The number of nitrogens with zero attached hydrogens (tertiary/aromatic N) is 3. The van der Waals surface area contributed by atoms with Gasteiger partial charge in [0.2, 0.25) is 11.1 Å². The van der Waals surface area contributed by atoms with Crippen LogP contribution in [0, 0.1) is 5.92 Å². The Bertz CT molecular complexity index is 747. The average Bonchev–Trinajstić information content (AvgIpc) is 3.00. The molecule has 3 N–H and O–H groups in total. The molecule has 27 heavy (non-hydrogen) atoms. The molecule has 0 saturated heterocycles. The van der Waals surface area contributed by atoms with Crippen LogP contribution < -0.4 is 15.9 Å². The van der Waals surface area contributed by atoms with Crippen LogP contribution in [-0.4, -0.2) is 39.7 Å². The lowest BCUT2D eigenvalue weighted by Gasteiger charge is -2.14. The molecule has 1 unspecified atom stereocenters. The van der Waals surface area contributed by atoms with Gasteiger partial charge in [0.15, 0.2) is 5.82 Å². The van der Waals surface area contributed by atoms with Gasteiger partial charge >= 0.3 is 0 Å². The first-order valence-corrected chi connectivity index (χ1v) is 10.2. The quantitative estimate of drug-likeness (QED) is 0.477. The standard InChI is InChI=1S/C19H29N5O2S/c1-13(2)8-7-9-14(3)21-17(25)12-27-19-23-22-18(24(19)20)15-10-5-6-11-16(15)26-4/h5-6,10-11,13-14H,7-9,12,20H2,1-4H3,(H,21,25). The Morgan fingerprint density at radius 2 is 2.00 bits per heavy atom. The summed E-state index contributed by atoms with van der Waals surface area (Å²) in [6.45, 7) is 6.46. The van der Waals surface area contributed by atoms with E-state index in [9.17, 15) is 4.79 Å². The number of ether oxygens (including phenoxy) is 1. The topological polar surface area (TPSA) is 95.1 Å². The molecule has 0 saturated carbocycles. The zero-order valence-electron chi connectivity index (χ0n) is 16.4. The summed E-state index contributed by atoms with van der Waals surface area (Å²) >= 11 is 1.27. The van der Waals surface area contributed by atoms with E-state index in [0.717, 1.165) is 18.4 Å². The number of rotatable bonds is 10. The minimum Gasteiger partial charge on any atom is -0.496 e. The number of benzene rings is 1. The highest BCUT2D eigenvalue weighted by Gasteiger charge is 2.17. The van der Waals surface area contributed by atoms with Crippen molar-refractivity contribution in [2.24, 2.45) is 5.92 Å². The lowest BCUT2D eigenvalue weighted by molar-refractivity contribution is -0.119. The van der Waals surface area contributed by atoms with E-state index in [1.165, 1.54) is 22.9 Å². The van der Waals surface area contributed by atoms with E-state index in [0.29, 0.717) is 22.6 Å². The molecule has 2 rings (SSSR count). The molecule has 1 aromatic carbocycles. The predicted octanol–water partition coefficient (Wildman–Crippen LogP) is 3.09. The van der Waals surface area contributed by atoms with Crippen molar-refractivity contribution < 1.29 is 9.53 Å². The molecule has 0 spiro atoms. The Balaban J connectivity index is 1.90. The van der Waals surface area contributed by atoms with Crippen molar-refractivity contribution in [3.05, 3.63) is 24.3 Å². The highest BCUT2D eigenvalue weighted by molar-refractivity contribution is 7.99. The van der Waals surface area contributed by atoms with Crippen LogP contribution in [0.1, 0.15) is 40.0 Å². The largest absolute Gasteiger partial charge is 0.496 e. The van der Waals surface area contributed by atoms with Crippen LogP contribution in [0.25, 0.3) is 11.4 Å². The van der Waals surface area contributed by atoms with Crippen LogP contribution >= 0.6 is 11.8 Å². The molecule has 0 aliphatic rings. The highest BCUT2D eigenvalue weighted by Crippen LogP contribution is 2.29. The van der Waals surface area contributed by atoms with Gasteiger partial charge in [0.1, 0.15) is 5.75 Å². The lowest BCUT2D eigenvalue weighted by Crippen LogP contribution is -2.34. The number of aromatic nitrogens is 3. The van der Waals surface area contributed by atoms with Gasteiger partial charge in [0, 0.05) is 6.04 Å². The summed E-state index contributed by atoms with van der Waals surface area (Å²) in [6.07, 6.45) is 3.28. The summed E-state index contributed by atoms with van der Waals surface area (Å²) in [6, 6.07) is 7.63. The first-order chi connectivity index (χ1) is 12.9. The number of carbonyl (C=O) groups is 1. The maximum absolute atomic E-state index is 12.2. The van der Waals surface area contributed by atoms with Gasteiger partial charge < -0.3 is 15.9 Å². The number of thioether (sulfide) groups is 1. The number of hydrogen-bond donors (Lipinski definition) is 2. The SMILES string of the molecule is COc1ccccc1-c1nnc(SCC(=O)NC(C)CCCC(C)C)n1N. The zero-order chi connectivity index (χ0) is 19.8. The lowest BCUT2D eigenvalue weighted by atomic mass is 10.0. The fraction of sp³-hybridized carbons (Fsp3) is 0.526. The first-order valence-electron chi connectivity index (χ1n) is 9.18. The fourth-order valence-corrected chi connectivity index (χ4v) is 3.41. The van der Waals surface area contributed by atoms with Gasteiger partial charge in [0.25, 0.3) is 0 Å². The van der Waals surface area contributed by atoms with Crippen LogP contribution in [0.3, 0.4) is 0 Å². The Morgan fingerprint density at radius 1 is 1.26 bits per heavy atom. The fourth-order valence-electron chi connectivity index (χ4n) is 2.74. The maximum atomic E-state index is 12.2. The molecule has 1 atom stereocenters. The Hall–Kier alpha value is -2.22. The summed E-state index contributed by atoms with van der Waals surface area (Å²) in [5, 5.41) is 11.8. The van der Waals surface area contributed by atoms with Gasteiger partial charge in [0.05, 0.1) is 18.4 Å². The molecular weight excluding hydrogens is 362 g/mol. The molecule has 8 heteroatoms. The van der Waals surface area contributed by atoms with Crippen molar-refractivity contribution in [1.82, 2.24) is 20.2 Å². The van der Waals surface area contributed by atoms with Crippen molar-refractivity contribution in [3.63, 3.8) is 0 Å². The van der Waals surface area contributed by atoms with Crippen LogP contribution in [0.2, 0.25) is 0 Å². The molecule has 1 amide bonds. The Morgan fingerprint density at radius 3 is 2.70 bits per heavy atom. The molecular formula is C19H29N5O2S. The van der Waals surface area contributed by atoms with Crippen LogP contribution in [-0.2, 0) is 4.79 Å². The average molecular weight is 392 g/mol. The maximum Gasteiger partial charge on any atom is 0.230 e. The van der Waals surface area contributed by atoms with Crippen molar-refractivity contribution in [3.8, 4) is 17.1 Å². The Kier molecular flexibility index (Phi) is 7.97. The molecule has 1 heterocycles.